The summed E-state index contributed by atoms with van der Waals surface area (Å²) in [4.78, 5) is 62.4. The number of rotatable bonds is 19. The molecule has 13 nitrogen and oxygen atoms in total. The van der Waals surface area contributed by atoms with E-state index in [2.05, 4.69) is 15.6 Å². The number of fused-ring (bicyclic) bond motifs is 1. The molecule has 3 amide bonds. The third kappa shape index (κ3) is 12.0. The lowest BCUT2D eigenvalue weighted by Crippen LogP contribution is -2.59. The number of likely N-dealkylation sites (N-methyl/N-ethyl adjacent to an activating group) is 1. The van der Waals surface area contributed by atoms with E-state index >= 15 is 0 Å². The van der Waals surface area contributed by atoms with Gasteiger partial charge in [-0.25, -0.2) is 4.98 Å². The van der Waals surface area contributed by atoms with Crippen LogP contribution in [-0.4, -0.2) is 116 Å². The second-order valence-electron chi connectivity index (χ2n) is 15.5. The average Bonchev–Trinajstić information content (AvgIpc) is 3.67. The monoisotopic (exact) mass is 825 g/mol. The Labute approximate surface area is 337 Å². The predicted molar refractivity (Wildman–Crippen MR) is 208 cm³/mol. The first-order valence-electron chi connectivity index (χ1n) is 19.6. The van der Waals surface area contributed by atoms with Crippen molar-refractivity contribution in [2.24, 2.45) is 11.8 Å². The average molecular weight is 826 g/mol. The third-order valence-corrected chi connectivity index (χ3v) is 12.1. The van der Waals surface area contributed by atoms with Gasteiger partial charge < -0.3 is 34.9 Å². The highest BCUT2D eigenvalue weighted by Crippen LogP contribution is 2.38. The molecule has 3 unspecified atom stereocenters. The van der Waals surface area contributed by atoms with Gasteiger partial charge in [0.25, 0.3) is 5.91 Å². The molecule has 0 bridgehead atoms. The molecule has 0 spiro atoms. The second-order valence-corrected chi connectivity index (χ2v) is 16.4. The zero-order valence-corrected chi connectivity index (χ0v) is 34.7. The fourth-order valence-corrected chi connectivity index (χ4v) is 8.56. The number of carbonyl (C=O) groups is 4. The first kappa shape index (κ1) is 46.1. The number of nitrogens with zero attached hydrogens (tertiary/aromatic N) is 3. The highest BCUT2D eigenvalue weighted by molar-refractivity contribution is 7.09. The highest BCUT2D eigenvalue weighted by atomic mass is 32.1. The van der Waals surface area contributed by atoms with Crippen molar-refractivity contribution in [2.45, 2.75) is 115 Å². The van der Waals surface area contributed by atoms with Gasteiger partial charge in [-0.05, 0) is 74.4 Å². The van der Waals surface area contributed by atoms with Crippen LogP contribution >= 0.6 is 11.3 Å². The Bertz CT molecular complexity index is 1680. The molecule has 3 N–H and O–H groups in total. The Kier molecular flexibility index (Phi) is 16.9. The molecule has 318 valence electrons. The number of carboxylic acids is 1. The van der Waals surface area contributed by atoms with E-state index in [-0.39, 0.29) is 80.2 Å². The van der Waals surface area contributed by atoms with E-state index in [1.165, 1.54) is 24.5 Å². The number of carbonyl (C=O) groups excluding carboxylic acids is 3. The van der Waals surface area contributed by atoms with Crippen LogP contribution in [0.5, 0.6) is 0 Å². The fourth-order valence-electron chi connectivity index (χ4n) is 7.70. The maximum atomic E-state index is 14.6. The Hall–Kier alpha value is -3.64. The highest BCUT2D eigenvalue weighted by Gasteiger charge is 2.40. The molecule has 57 heavy (non-hydrogen) atoms. The first-order chi connectivity index (χ1) is 27.0. The number of likely N-dealkylation sites (tertiary alicyclic amines) is 1. The summed E-state index contributed by atoms with van der Waals surface area (Å²) in [6.07, 6.45) is -1.66. The van der Waals surface area contributed by atoms with Crippen molar-refractivity contribution < 1.29 is 51.7 Å². The molecule has 2 aromatic rings. The smallest absolute Gasteiger partial charge is 0.416 e. The number of piperidine rings is 1. The van der Waals surface area contributed by atoms with Crippen LogP contribution < -0.4 is 10.6 Å². The lowest BCUT2D eigenvalue weighted by Gasteiger charge is -2.40. The van der Waals surface area contributed by atoms with Crippen LogP contribution in [0, 0.1) is 11.8 Å². The van der Waals surface area contributed by atoms with Crippen LogP contribution in [-0.2, 0) is 41.2 Å². The van der Waals surface area contributed by atoms with Crippen LogP contribution in [0.1, 0.15) is 110 Å². The number of halogens is 3. The number of benzene rings is 1. The number of alkyl halides is 3. The summed E-state index contributed by atoms with van der Waals surface area (Å²) >= 11 is 1.18. The molecule has 2 aliphatic rings. The van der Waals surface area contributed by atoms with Crippen molar-refractivity contribution in [1.29, 1.82) is 0 Å². The van der Waals surface area contributed by atoms with Gasteiger partial charge in [0.1, 0.15) is 29.6 Å². The van der Waals surface area contributed by atoms with E-state index in [9.17, 15) is 37.5 Å². The number of methoxy groups -OCH3 is 2. The fraction of sp³-hybridized carbons (Fsp3) is 0.675. The molecule has 1 saturated heterocycles. The normalized spacial score (nSPS) is 20.9. The topological polar surface area (TPSA) is 160 Å². The number of amides is 3. The lowest BCUT2D eigenvalue weighted by molar-refractivity contribution is -0.144. The standard InChI is InChI=1S/C40H58F3N5O8S/c1-8-24(4)34(46-36(50)31-11-9-10-14-47(31)5)38(51)48(15-16-54-6)32(23(2)3)20-33(56-22-55-7)37-45-30(21-57-37)35(49)44-27-17-25-12-13-26(40(41,42)43)18-28(25)29(19-27)39(52)53/h12-13,18,21,23-24,27,29,31-34H,8-11,14-17,19-20,22H2,1-7H3,(H,44,49)(H,46,50)(H,52,53)/t24?,27-,29+,31?,32+,33+,34?/m0/s1. The van der Waals surface area contributed by atoms with Crippen LogP contribution in [0.15, 0.2) is 23.6 Å². The van der Waals surface area contributed by atoms with Crippen LogP contribution in [0.3, 0.4) is 0 Å². The minimum Gasteiger partial charge on any atom is -0.481 e. The predicted octanol–water partition coefficient (Wildman–Crippen LogP) is 5.64. The van der Waals surface area contributed by atoms with Crippen LogP contribution in [0.2, 0.25) is 0 Å². The van der Waals surface area contributed by atoms with Crippen LogP contribution in [0.25, 0.3) is 0 Å². The molecule has 1 aromatic carbocycles. The van der Waals surface area contributed by atoms with E-state index in [1.807, 2.05) is 39.6 Å². The zero-order chi connectivity index (χ0) is 42.0. The van der Waals surface area contributed by atoms with Gasteiger partial charge in [0, 0.05) is 44.6 Å². The van der Waals surface area contributed by atoms with Gasteiger partial charge >= 0.3 is 12.1 Å². The SMILES string of the molecule is CCC(C)C(NC(=O)C1CCCCN1C)C(=O)N(CCOC)[C@H](C[C@@H](OCOC)c1nc(C(=O)N[C@H]2Cc3ccc(C(F)(F)F)cc3[C@H](C(=O)O)C2)cs1)C(C)C. The van der Waals surface area contributed by atoms with E-state index in [1.54, 1.807) is 17.4 Å². The summed E-state index contributed by atoms with van der Waals surface area (Å²) in [6, 6.07) is 0.897. The maximum Gasteiger partial charge on any atom is 0.416 e. The maximum absolute atomic E-state index is 14.6. The van der Waals surface area contributed by atoms with Crippen molar-refractivity contribution in [3.63, 3.8) is 0 Å². The molecule has 1 fully saturated rings. The summed E-state index contributed by atoms with van der Waals surface area (Å²) in [5, 5.41) is 17.9. The van der Waals surface area contributed by atoms with Gasteiger partial charge in [0.15, 0.2) is 0 Å². The van der Waals surface area contributed by atoms with E-state index in [0.717, 1.165) is 37.9 Å². The Morgan fingerprint density at radius 1 is 1.12 bits per heavy atom. The quantitative estimate of drug-likeness (QED) is 0.151. The Balaban J connectivity index is 1.56. The summed E-state index contributed by atoms with van der Waals surface area (Å²) in [7, 11) is 4.97. The van der Waals surface area contributed by atoms with Crippen molar-refractivity contribution in [3.05, 3.63) is 51.0 Å². The van der Waals surface area contributed by atoms with Crippen molar-refractivity contribution in [3.8, 4) is 0 Å². The van der Waals surface area contributed by atoms with Gasteiger partial charge in [-0.2, -0.15) is 13.2 Å². The number of carboxylic acid groups (broad SMARTS) is 1. The van der Waals surface area contributed by atoms with E-state index < -0.39 is 53.8 Å². The molecule has 1 aliphatic carbocycles. The summed E-state index contributed by atoms with van der Waals surface area (Å²) in [5.41, 5.74) is -0.357. The zero-order valence-electron chi connectivity index (χ0n) is 33.9. The molecule has 1 aliphatic heterocycles. The van der Waals surface area contributed by atoms with Gasteiger partial charge in [-0.15, -0.1) is 11.3 Å². The number of aliphatic carboxylic acids is 1. The minimum absolute atomic E-state index is 0.0618. The van der Waals surface area contributed by atoms with Crippen molar-refractivity contribution in [1.82, 2.24) is 25.4 Å². The number of thiazole rings is 1. The first-order valence-corrected chi connectivity index (χ1v) is 20.5. The molecule has 0 radical (unpaired) electrons. The molecular formula is C40H58F3N5O8S. The van der Waals surface area contributed by atoms with Gasteiger partial charge in [-0.3, -0.25) is 24.1 Å². The third-order valence-electron chi connectivity index (χ3n) is 11.2. The molecule has 0 saturated carbocycles. The molecule has 17 heteroatoms. The molecule has 7 atom stereocenters. The number of hydrogen-bond donors (Lipinski definition) is 3. The van der Waals surface area contributed by atoms with Crippen LogP contribution in [0.4, 0.5) is 13.2 Å². The Morgan fingerprint density at radius 2 is 1.86 bits per heavy atom. The number of ether oxygens (including phenoxy) is 3. The largest absolute Gasteiger partial charge is 0.481 e. The van der Waals surface area contributed by atoms with Crippen molar-refractivity contribution >= 4 is 35.0 Å². The number of hydrogen-bond acceptors (Lipinski definition) is 10. The van der Waals surface area contributed by atoms with Gasteiger partial charge in [0.2, 0.25) is 11.8 Å². The summed E-state index contributed by atoms with van der Waals surface area (Å²) < 4.78 is 57.0. The second kappa shape index (κ2) is 20.9. The van der Waals surface area contributed by atoms with Gasteiger partial charge in [0.05, 0.1) is 24.1 Å². The van der Waals surface area contributed by atoms with E-state index in [0.29, 0.717) is 17.0 Å². The molecule has 1 aromatic heterocycles. The van der Waals surface area contributed by atoms with E-state index in [4.69, 9.17) is 14.2 Å². The van der Waals surface area contributed by atoms with Crippen molar-refractivity contribution in [2.75, 3.05) is 47.8 Å². The minimum atomic E-state index is -4.62. The lowest BCUT2D eigenvalue weighted by atomic mass is 9.79. The molecule has 4 rings (SSSR count). The van der Waals surface area contributed by atoms with Gasteiger partial charge in [-0.1, -0.05) is 46.6 Å². The summed E-state index contributed by atoms with van der Waals surface area (Å²) in [6.45, 7) is 9.16. The number of aromatic nitrogens is 1. The summed E-state index contributed by atoms with van der Waals surface area (Å²) in [5.74, 6) is -3.71. The molecule has 2 heterocycles. The molecular weight excluding hydrogens is 768 g/mol. The Morgan fingerprint density at radius 3 is 2.47 bits per heavy atom. The number of nitrogens with one attached hydrogen (secondary N) is 2.